The van der Waals surface area contributed by atoms with E-state index in [-0.39, 0.29) is 11.9 Å². The first kappa shape index (κ1) is 14.7. The molecule has 0 fully saturated rings. The molecule has 0 radical (unpaired) electrons. The molecule has 96 valence electrons. The van der Waals surface area contributed by atoms with Gasteiger partial charge in [-0.1, -0.05) is 48.2 Å². The first-order chi connectivity index (χ1) is 8.15. The molecule has 0 aliphatic carbocycles. The molecule has 0 saturated carbocycles. The number of benzene rings is 1. The van der Waals surface area contributed by atoms with Crippen LogP contribution >= 0.6 is 15.9 Å². The molecule has 1 nitrogen and oxygen atoms in total. The predicted octanol–water partition coefficient (Wildman–Crippen LogP) is 4.82. The molecule has 1 aromatic rings. The van der Waals surface area contributed by atoms with Gasteiger partial charge in [-0.05, 0) is 32.0 Å². The van der Waals surface area contributed by atoms with Crippen molar-refractivity contribution < 1.29 is 4.39 Å². The first-order valence-electron chi connectivity index (χ1n) is 6.33. The van der Waals surface area contributed by atoms with Crippen molar-refractivity contribution in [2.75, 3.05) is 6.54 Å². The molecule has 0 aliphatic rings. The summed E-state index contributed by atoms with van der Waals surface area (Å²) < 4.78 is 14.4. The van der Waals surface area contributed by atoms with Gasteiger partial charge in [0.2, 0.25) is 0 Å². The van der Waals surface area contributed by atoms with Crippen molar-refractivity contribution in [3.05, 3.63) is 34.1 Å². The fraction of sp³-hybridized carbons (Fsp3) is 0.571. The molecule has 1 unspecified atom stereocenters. The molecule has 0 spiro atoms. The maximum Gasteiger partial charge on any atom is 0.129 e. The Morgan fingerprint density at radius 1 is 1.29 bits per heavy atom. The highest BCUT2D eigenvalue weighted by molar-refractivity contribution is 9.10. The van der Waals surface area contributed by atoms with Gasteiger partial charge in [0, 0.05) is 16.1 Å². The van der Waals surface area contributed by atoms with Gasteiger partial charge in [0.15, 0.2) is 0 Å². The quantitative estimate of drug-likeness (QED) is 0.712. The van der Waals surface area contributed by atoms with Gasteiger partial charge in [-0.3, -0.25) is 0 Å². The Kier molecular flexibility index (Phi) is 6.75. The number of rotatable bonds is 7. The molecular weight excluding hydrogens is 281 g/mol. The first-order valence-corrected chi connectivity index (χ1v) is 7.12. The maximum absolute atomic E-state index is 13.7. The van der Waals surface area contributed by atoms with E-state index in [1.807, 2.05) is 19.1 Å². The van der Waals surface area contributed by atoms with E-state index in [1.54, 1.807) is 0 Å². The monoisotopic (exact) mass is 301 g/mol. The summed E-state index contributed by atoms with van der Waals surface area (Å²) in [4.78, 5) is 0. The van der Waals surface area contributed by atoms with E-state index in [4.69, 9.17) is 0 Å². The highest BCUT2D eigenvalue weighted by atomic mass is 79.9. The fourth-order valence-corrected chi connectivity index (χ4v) is 2.17. The van der Waals surface area contributed by atoms with E-state index < -0.39 is 0 Å². The minimum Gasteiger partial charge on any atom is -0.310 e. The van der Waals surface area contributed by atoms with Crippen molar-refractivity contribution in [3.63, 3.8) is 0 Å². The van der Waals surface area contributed by atoms with Crippen molar-refractivity contribution in [3.8, 4) is 0 Å². The number of hydrogen-bond acceptors (Lipinski definition) is 1. The standard InChI is InChI=1S/C14H21BrFN/c1-3-4-5-6-9-17-11(2)13-8-7-12(15)10-14(13)16/h7-8,10-11,17H,3-6,9H2,1-2H3. The summed E-state index contributed by atoms with van der Waals surface area (Å²) in [6, 6.07) is 5.31. The van der Waals surface area contributed by atoms with E-state index in [9.17, 15) is 4.39 Å². The van der Waals surface area contributed by atoms with Crippen molar-refractivity contribution in [1.82, 2.24) is 5.32 Å². The Morgan fingerprint density at radius 2 is 2.06 bits per heavy atom. The molecule has 0 bridgehead atoms. The number of halogens is 2. The SMILES string of the molecule is CCCCCCNC(C)c1ccc(Br)cc1F. The van der Waals surface area contributed by atoms with Crippen LogP contribution in [-0.2, 0) is 0 Å². The summed E-state index contributed by atoms with van der Waals surface area (Å²) >= 11 is 3.27. The van der Waals surface area contributed by atoms with Crippen LogP contribution in [0.1, 0.15) is 51.1 Å². The third-order valence-corrected chi connectivity index (χ3v) is 3.40. The molecule has 0 saturated heterocycles. The van der Waals surface area contributed by atoms with E-state index in [1.165, 1.54) is 25.3 Å². The Bertz CT molecular complexity index is 341. The normalized spacial score (nSPS) is 12.7. The van der Waals surface area contributed by atoms with Crippen molar-refractivity contribution in [1.29, 1.82) is 0 Å². The lowest BCUT2D eigenvalue weighted by molar-refractivity contribution is 0.509. The highest BCUT2D eigenvalue weighted by Crippen LogP contribution is 2.20. The van der Waals surface area contributed by atoms with Crippen LogP contribution in [-0.4, -0.2) is 6.54 Å². The molecular formula is C14H21BrFN. The molecule has 0 heterocycles. The molecule has 0 amide bonds. The molecule has 17 heavy (non-hydrogen) atoms. The average Bonchev–Trinajstić information content (AvgIpc) is 2.28. The van der Waals surface area contributed by atoms with Crippen LogP contribution in [0, 0.1) is 5.82 Å². The van der Waals surface area contributed by atoms with Crippen molar-refractivity contribution in [2.45, 2.75) is 45.6 Å². The van der Waals surface area contributed by atoms with Crippen LogP contribution in [0.5, 0.6) is 0 Å². The number of unbranched alkanes of at least 4 members (excludes halogenated alkanes) is 3. The zero-order chi connectivity index (χ0) is 12.7. The second-order valence-corrected chi connectivity index (χ2v) is 5.32. The Hall–Kier alpha value is -0.410. The molecule has 1 rings (SSSR count). The molecule has 0 aliphatic heterocycles. The Balaban J connectivity index is 2.38. The van der Waals surface area contributed by atoms with E-state index in [0.29, 0.717) is 0 Å². The van der Waals surface area contributed by atoms with Crippen LogP contribution < -0.4 is 5.32 Å². The zero-order valence-electron chi connectivity index (χ0n) is 10.6. The molecule has 1 N–H and O–H groups in total. The van der Waals surface area contributed by atoms with Crippen LogP contribution in [0.25, 0.3) is 0 Å². The van der Waals surface area contributed by atoms with Gasteiger partial charge in [0.1, 0.15) is 5.82 Å². The topological polar surface area (TPSA) is 12.0 Å². The van der Waals surface area contributed by atoms with Crippen molar-refractivity contribution in [2.24, 2.45) is 0 Å². The number of nitrogens with one attached hydrogen (secondary N) is 1. The third-order valence-electron chi connectivity index (χ3n) is 2.91. The summed E-state index contributed by atoms with van der Waals surface area (Å²) in [5, 5.41) is 3.36. The van der Waals surface area contributed by atoms with E-state index in [0.717, 1.165) is 23.0 Å². The van der Waals surface area contributed by atoms with Crippen LogP contribution in [0.15, 0.2) is 22.7 Å². The summed E-state index contributed by atoms with van der Waals surface area (Å²) in [6.07, 6.45) is 4.94. The Labute approximate surface area is 112 Å². The highest BCUT2D eigenvalue weighted by Gasteiger charge is 2.09. The minimum atomic E-state index is -0.145. The van der Waals surface area contributed by atoms with Gasteiger partial charge < -0.3 is 5.32 Å². The van der Waals surface area contributed by atoms with Gasteiger partial charge in [0.25, 0.3) is 0 Å². The minimum absolute atomic E-state index is 0.0738. The van der Waals surface area contributed by atoms with Crippen LogP contribution in [0.4, 0.5) is 4.39 Å². The molecule has 1 aromatic carbocycles. The largest absolute Gasteiger partial charge is 0.310 e. The summed E-state index contributed by atoms with van der Waals surface area (Å²) in [6.45, 7) is 5.16. The summed E-state index contributed by atoms with van der Waals surface area (Å²) in [5.41, 5.74) is 0.740. The third kappa shape index (κ3) is 5.17. The van der Waals surface area contributed by atoms with E-state index in [2.05, 4.69) is 28.2 Å². The van der Waals surface area contributed by atoms with Crippen molar-refractivity contribution >= 4 is 15.9 Å². The predicted molar refractivity (Wildman–Crippen MR) is 74.7 cm³/mol. The molecule has 1 atom stereocenters. The van der Waals surface area contributed by atoms with Gasteiger partial charge in [-0.15, -0.1) is 0 Å². The van der Waals surface area contributed by atoms with Gasteiger partial charge in [-0.2, -0.15) is 0 Å². The van der Waals surface area contributed by atoms with Gasteiger partial charge in [0.05, 0.1) is 0 Å². The zero-order valence-corrected chi connectivity index (χ0v) is 12.2. The summed E-state index contributed by atoms with van der Waals surface area (Å²) in [5.74, 6) is -0.145. The second-order valence-electron chi connectivity index (χ2n) is 4.40. The lowest BCUT2D eigenvalue weighted by Crippen LogP contribution is -2.20. The Morgan fingerprint density at radius 3 is 2.71 bits per heavy atom. The molecule has 0 aromatic heterocycles. The average molecular weight is 302 g/mol. The van der Waals surface area contributed by atoms with Crippen LogP contribution in [0.2, 0.25) is 0 Å². The summed E-state index contributed by atoms with van der Waals surface area (Å²) in [7, 11) is 0. The molecule has 3 heteroatoms. The van der Waals surface area contributed by atoms with Gasteiger partial charge >= 0.3 is 0 Å². The lowest BCUT2D eigenvalue weighted by atomic mass is 10.1. The smallest absolute Gasteiger partial charge is 0.129 e. The lowest BCUT2D eigenvalue weighted by Gasteiger charge is -2.15. The second kappa shape index (κ2) is 7.83. The fourth-order valence-electron chi connectivity index (χ4n) is 1.83. The van der Waals surface area contributed by atoms with Gasteiger partial charge in [-0.25, -0.2) is 4.39 Å². The number of hydrogen-bond donors (Lipinski definition) is 1. The van der Waals surface area contributed by atoms with E-state index >= 15 is 0 Å². The maximum atomic E-state index is 13.7. The van der Waals surface area contributed by atoms with Crippen LogP contribution in [0.3, 0.4) is 0 Å².